The zero-order valence-corrected chi connectivity index (χ0v) is 11.6. The van der Waals surface area contributed by atoms with Gasteiger partial charge in [-0.3, -0.25) is 4.79 Å². The number of halogens is 1. The summed E-state index contributed by atoms with van der Waals surface area (Å²) in [5, 5.41) is 21.1. The van der Waals surface area contributed by atoms with Crippen molar-refractivity contribution in [3.63, 3.8) is 0 Å². The van der Waals surface area contributed by atoms with Crippen LogP contribution in [0.1, 0.15) is 5.56 Å². The number of nitriles is 1. The zero-order valence-electron chi connectivity index (χ0n) is 10.8. The number of aromatic hydroxyl groups is 1. The number of benzene rings is 2. The second-order valence-electron chi connectivity index (χ2n) is 4.13. The molecule has 2 N–H and O–H groups in total. The lowest BCUT2D eigenvalue weighted by Crippen LogP contribution is -2.20. The number of nitrogens with one attached hydrogen (secondary N) is 1. The summed E-state index contributed by atoms with van der Waals surface area (Å²) in [6.45, 7) is -0.224. The second-order valence-corrected chi connectivity index (χ2v) is 4.57. The molecular formula is C15H11ClN2O3. The molecule has 0 heterocycles. The van der Waals surface area contributed by atoms with Crippen LogP contribution in [0.15, 0.2) is 42.5 Å². The number of phenols is 1. The van der Waals surface area contributed by atoms with Crippen LogP contribution in [-0.4, -0.2) is 17.6 Å². The number of carbonyl (C=O) groups excluding carboxylic acids is 1. The largest absolute Gasteiger partial charge is 0.506 e. The van der Waals surface area contributed by atoms with Crippen molar-refractivity contribution >= 4 is 23.2 Å². The molecule has 0 spiro atoms. The van der Waals surface area contributed by atoms with E-state index in [2.05, 4.69) is 5.32 Å². The van der Waals surface area contributed by atoms with Gasteiger partial charge in [-0.25, -0.2) is 0 Å². The van der Waals surface area contributed by atoms with E-state index in [1.807, 2.05) is 6.07 Å². The summed E-state index contributed by atoms with van der Waals surface area (Å²) in [4.78, 5) is 11.7. The van der Waals surface area contributed by atoms with Crippen LogP contribution >= 0.6 is 11.6 Å². The molecule has 21 heavy (non-hydrogen) atoms. The average molecular weight is 303 g/mol. The van der Waals surface area contributed by atoms with Crippen molar-refractivity contribution in [1.29, 1.82) is 5.26 Å². The lowest BCUT2D eigenvalue weighted by molar-refractivity contribution is -0.118. The molecule has 0 unspecified atom stereocenters. The Labute approximate surface area is 126 Å². The highest BCUT2D eigenvalue weighted by Gasteiger charge is 2.08. The standard InChI is InChI=1S/C15H11ClN2O3/c16-11-3-6-14(19)13(7-11)18-15(20)9-21-12-4-1-10(8-17)2-5-12/h1-7,19H,9H2,(H,18,20). The van der Waals surface area contributed by atoms with E-state index in [4.69, 9.17) is 21.6 Å². The Morgan fingerprint density at radius 1 is 1.29 bits per heavy atom. The second kappa shape index (κ2) is 6.64. The summed E-state index contributed by atoms with van der Waals surface area (Å²) in [5.74, 6) is -0.0393. The summed E-state index contributed by atoms with van der Waals surface area (Å²) in [7, 11) is 0. The maximum Gasteiger partial charge on any atom is 0.262 e. The van der Waals surface area contributed by atoms with Gasteiger partial charge in [0.2, 0.25) is 0 Å². The number of amides is 1. The van der Waals surface area contributed by atoms with Crippen molar-refractivity contribution in [1.82, 2.24) is 0 Å². The zero-order chi connectivity index (χ0) is 15.2. The molecule has 0 aromatic heterocycles. The molecule has 0 atom stereocenters. The fraction of sp³-hybridized carbons (Fsp3) is 0.0667. The Morgan fingerprint density at radius 3 is 2.67 bits per heavy atom. The highest BCUT2D eigenvalue weighted by molar-refractivity contribution is 6.31. The minimum Gasteiger partial charge on any atom is -0.506 e. The number of anilines is 1. The van der Waals surface area contributed by atoms with Crippen LogP contribution in [0.3, 0.4) is 0 Å². The number of phenolic OH excluding ortho intramolecular Hbond substituents is 1. The molecule has 1 amide bonds. The smallest absolute Gasteiger partial charge is 0.262 e. The van der Waals surface area contributed by atoms with E-state index in [1.165, 1.54) is 18.2 Å². The molecule has 0 saturated heterocycles. The minimum absolute atomic E-state index is 0.0777. The lowest BCUT2D eigenvalue weighted by Gasteiger charge is -2.09. The number of rotatable bonds is 4. The van der Waals surface area contributed by atoms with Crippen LogP contribution in [0, 0.1) is 11.3 Å². The first-order chi connectivity index (χ1) is 10.1. The summed E-state index contributed by atoms with van der Waals surface area (Å²) < 4.78 is 5.27. The number of ether oxygens (including phenoxy) is 1. The number of hydrogen-bond acceptors (Lipinski definition) is 4. The van der Waals surface area contributed by atoms with E-state index in [0.717, 1.165) is 0 Å². The van der Waals surface area contributed by atoms with Gasteiger partial charge in [-0.05, 0) is 42.5 Å². The van der Waals surface area contributed by atoms with Crippen LogP contribution in [-0.2, 0) is 4.79 Å². The molecule has 106 valence electrons. The van der Waals surface area contributed by atoms with Gasteiger partial charge < -0.3 is 15.2 Å². The van der Waals surface area contributed by atoms with Crippen molar-refractivity contribution < 1.29 is 14.6 Å². The Hall–Kier alpha value is -2.71. The first-order valence-corrected chi connectivity index (χ1v) is 6.37. The van der Waals surface area contributed by atoms with E-state index in [1.54, 1.807) is 24.3 Å². The Bertz CT molecular complexity index is 693. The summed E-state index contributed by atoms with van der Waals surface area (Å²) >= 11 is 5.78. The Morgan fingerprint density at radius 2 is 2.00 bits per heavy atom. The van der Waals surface area contributed by atoms with Crippen molar-refractivity contribution in [2.24, 2.45) is 0 Å². The van der Waals surface area contributed by atoms with E-state index >= 15 is 0 Å². The van der Waals surface area contributed by atoms with Gasteiger partial charge in [-0.2, -0.15) is 5.26 Å². The third-order valence-corrected chi connectivity index (χ3v) is 2.82. The van der Waals surface area contributed by atoms with Gasteiger partial charge in [0.1, 0.15) is 11.5 Å². The number of carbonyl (C=O) groups is 1. The van der Waals surface area contributed by atoms with Gasteiger partial charge >= 0.3 is 0 Å². The summed E-state index contributed by atoms with van der Waals surface area (Å²) in [5.41, 5.74) is 0.728. The molecule has 0 aliphatic carbocycles. The molecule has 0 radical (unpaired) electrons. The summed E-state index contributed by atoms with van der Waals surface area (Å²) in [6, 6.07) is 12.7. The topological polar surface area (TPSA) is 82.3 Å². The molecule has 2 aromatic carbocycles. The Balaban J connectivity index is 1.92. The maximum atomic E-state index is 11.7. The highest BCUT2D eigenvalue weighted by Crippen LogP contribution is 2.26. The van der Waals surface area contributed by atoms with Crippen LogP contribution in [0.4, 0.5) is 5.69 Å². The maximum absolute atomic E-state index is 11.7. The van der Waals surface area contributed by atoms with Crippen molar-refractivity contribution in [3.05, 3.63) is 53.1 Å². The molecule has 0 saturated carbocycles. The van der Waals surface area contributed by atoms with E-state index in [9.17, 15) is 9.90 Å². The molecule has 0 aliphatic heterocycles. The van der Waals surface area contributed by atoms with Crippen LogP contribution < -0.4 is 10.1 Å². The van der Waals surface area contributed by atoms with Crippen molar-refractivity contribution in [3.8, 4) is 17.6 Å². The molecule has 2 rings (SSSR count). The van der Waals surface area contributed by atoms with Gasteiger partial charge in [-0.15, -0.1) is 0 Å². The summed E-state index contributed by atoms with van der Waals surface area (Å²) in [6.07, 6.45) is 0. The Kier molecular flexibility index (Phi) is 4.64. The van der Waals surface area contributed by atoms with Crippen LogP contribution in [0.5, 0.6) is 11.5 Å². The molecule has 6 heteroatoms. The van der Waals surface area contributed by atoms with Crippen molar-refractivity contribution in [2.75, 3.05) is 11.9 Å². The average Bonchev–Trinajstić information content (AvgIpc) is 2.49. The van der Waals surface area contributed by atoms with Gasteiger partial charge in [-0.1, -0.05) is 11.6 Å². The predicted octanol–water partition coefficient (Wildman–Crippen LogP) is 2.93. The first-order valence-electron chi connectivity index (χ1n) is 6.00. The normalized spacial score (nSPS) is 9.71. The van der Waals surface area contributed by atoms with E-state index in [0.29, 0.717) is 16.3 Å². The fourth-order valence-electron chi connectivity index (χ4n) is 1.57. The van der Waals surface area contributed by atoms with E-state index < -0.39 is 5.91 Å². The number of hydrogen-bond donors (Lipinski definition) is 2. The fourth-order valence-corrected chi connectivity index (χ4v) is 1.74. The monoisotopic (exact) mass is 302 g/mol. The SMILES string of the molecule is N#Cc1ccc(OCC(=O)Nc2cc(Cl)ccc2O)cc1. The first kappa shape index (κ1) is 14.7. The molecule has 5 nitrogen and oxygen atoms in total. The quantitative estimate of drug-likeness (QED) is 0.851. The molecule has 0 aliphatic rings. The van der Waals surface area contributed by atoms with Gasteiger partial charge in [0.05, 0.1) is 17.3 Å². The third-order valence-electron chi connectivity index (χ3n) is 2.59. The number of nitrogens with zero attached hydrogens (tertiary/aromatic N) is 1. The van der Waals surface area contributed by atoms with Gasteiger partial charge in [0.15, 0.2) is 6.61 Å². The van der Waals surface area contributed by atoms with Gasteiger partial charge in [0, 0.05) is 5.02 Å². The minimum atomic E-state index is -0.433. The molecule has 0 fully saturated rings. The molecule has 2 aromatic rings. The van der Waals surface area contributed by atoms with Crippen LogP contribution in [0.2, 0.25) is 5.02 Å². The van der Waals surface area contributed by atoms with Crippen molar-refractivity contribution in [2.45, 2.75) is 0 Å². The highest BCUT2D eigenvalue weighted by atomic mass is 35.5. The molecular weight excluding hydrogens is 292 g/mol. The van der Waals surface area contributed by atoms with Crippen LogP contribution in [0.25, 0.3) is 0 Å². The van der Waals surface area contributed by atoms with E-state index in [-0.39, 0.29) is 18.0 Å². The van der Waals surface area contributed by atoms with Gasteiger partial charge in [0.25, 0.3) is 5.91 Å². The molecule has 0 bridgehead atoms. The lowest BCUT2D eigenvalue weighted by atomic mass is 10.2. The predicted molar refractivity (Wildman–Crippen MR) is 78.4 cm³/mol. The third kappa shape index (κ3) is 4.13.